The summed E-state index contributed by atoms with van der Waals surface area (Å²) >= 11 is 0. The van der Waals surface area contributed by atoms with Gasteiger partial charge < -0.3 is 10.7 Å². The molecular weight excluding hydrogens is 162 g/mol. The predicted octanol–water partition coefficient (Wildman–Crippen LogP) is 1.94. The van der Waals surface area contributed by atoms with Gasteiger partial charge in [0.2, 0.25) is 0 Å². The number of rotatable bonds is 3. The Morgan fingerprint density at radius 2 is 2.23 bits per heavy atom. The molecule has 0 aliphatic heterocycles. The van der Waals surface area contributed by atoms with E-state index in [0.717, 1.165) is 5.82 Å². The van der Waals surface area contributed by atoms with Gasteiger partial charge in [0.1, 0.15) is 5.82 Å². The van der Waals surface area contributed by atoms with E-state index in [1.807, 2.05) is 6.20 Å². The molecule has 1 aromatic heterocycles. The van der Waals surface area contributed by atoms with Gasteiger partial charge in [0.15, 0.2) is 0 Å². The monoisotopic (exact) mass is 179 g/mol. The Kier molecular flexibility index (Phi) is 2.12. The summed E-state index contributed by atoms with van der Waals surface area (Å²) in [6.07, 6.45) is 4.43. The number of aromatic amines is 1. The topological polar surface area (TPSA) is 54.7 Å². The van der Waals surface area contributed by atoms with Crippen molar-refractivity contribution >= 4 is 0 Å². The molecule has 0 aromatic carbocycles. The van der Waals surface area contributed by atoms with E-state index in [4.69, 9.17) is 5.73 Å². The van der Waals surface area contributed by atoms with Crippen LogP contribution in [-0.2, 0) is 0 Å². The Balaban J connectivity index is 2.11. The number of aromatic nitrogens is 2. The first-order valence-corrected chi connectivity index (χ1v) is 4.99. The van der Waals surface area contributed by atoms with Crippen LogP contribution in [-0.4, -0.2) is 9.97 Å². The van der Waals surface area contributed by atoms with E-state index in [-0.39, 0.29) is 6.04 Å². The highest BCUT2D eigenvalue weighted by Crippen LogP contribution is 2.38. The average molecular weight is 179 g/mol. The summed E-state index contributed by atoms with van der Waals surface area (Å²) < 4.78 is 0. The second-order valence-electron chi connectivity index (χ2n) is 4.24. The van der Waals surface area contributed by atoms with Crippen LogP contribution in [0.4, 0.5) is 0 Å². The molecule has 1 aliphatic carbocycles. The zero-order valence-electron chi connectivity index (χ0n) is 8.25. The second kappa shape index (κ2) is 3.14. The molecule has 0 amide bonds. The van der Waals surface area contributed by atoms with Crippen LogP contribution in [0, 0.1) is 5.92 Å². The van der Waals surface area contributed by atoms with Crippen LogP contribution in [0.5, 0.6) is 0 Å². The van der Waals surface area contributed by atoms with E-state index in [1.165, 1.54) is 18.5 Å². The van der Waals surface area contributed by atoms with E-state index in [1.54, 1.807) is 0 Å². The lowest BCUT2D eigenvalue weighted by atomic mass is 10.1. The van der Waals surface area contributed by atoms with Crippen molar-refractivity contribution in [2.75, 3.05) is 0 Å². The molecular formula is C10H17N3. The summed E-state index contributed by atoms with van der Waals surface area (Å²) in [4.78, 5) is 7.62. The third kappa shape index (κ3) is 1.75. The molecule has 0 bridgehead atoms. The summed E-state index contributed by atoms with van der Waals surface area (Å²) in [5.74, 6) is 2.14. The molecule has 1 fully saturated rings. The van der Waals surface area contributed by atoms with Crippen LogP contribution < -0.4 is 5.73 Å². The van der Waals surface area contributed by atoms with E-state index in [2.05, 4.69) is 23.8 Å². The zero-order chi connectivity index (χ0) is 9.42. The molecule has 1 aromatic rings. The Morgan fingerprint density at radius 1 is 1.54 bits per heavy atom. The van der Waals surface area contributed by atoms with Crippen LogP contribution in [0.3, 0.4) is 0 Å². The Bertz CT molecular complexity index is 286. The van der Waals surface area contributed by atoms with Crippen LogP contribution in [0.15, 0.2) is 6.20 Å². The summed E-state index contributed by atoms with van der Waals surface area (Å²) in [5, 5.41) is 0. The molecule has 1 unspecified atom stereocenters. The van der Waals surface area contributed by atoms with Gasteiger partial charge in [0.05, 0.1) is 6.04 Å². The van der Waals surface area contributed by atoms with Gasteiger partial charge >= 0.3 is 0 Å². The number of imidazole rings is 1. The lowest BCUT2D eigenvalue weighted by Crippen LogP contribution is -2.14. The lowest BCUT2D eigenvalue weighted by Gasteiger charge is -2.06. The van der Waals surface area contributed by atoms with Gasteiger partial charge in [-0.25, -0.2) is 4.98 Å². The first kappa shape index (κ1) is 8.75. The number of nitrogens with one attached hydrogen (secondary N) is 1. The molecule has 13 heavy (non-hydrogen) atoms. The Labute approximate surface area is 78.7 Å². The minimum Gasteiger partial charge on any atom is -0.344 e. The third-order valence-corrected chi connectivity index (χ3v) is 2.68. The fourth-order valence-corrected chi connectivity index (χ4v) is 1.49. The normalized spacial score (nSPS) is 19.4. The van der Waals surface area contributed by atoms with Crippen LogP contribution >= 0.6 is 0 Å². The van der Waals surface area contributed by atoms with Crippen molar-refractivity contribution in [3.63, 3.8) is 0 Å². The summed E-state index contributed by atoms with van der Waals surface area (Å²) in [5.41, 5.74) is 7.21. The minimum absolute atomic E-state index is 0.132. The number of hydrogen-bond donors (Lipinski definition) is 2. The van der Waals surface area contributed by atoms with Gasteiger partial charge in [-0.1, -0.05) is 13.8 Å². The van der Waals surface area contributed by atoms with Crippen LogP contribution in [0.2, 0.25) is 0 Å². The average Bonchev–Trinajstić information content (AvgIpc) is 2.81. The fourth-order valence-electron chi connectivity index (χ4n) is 1.49. The zero-order valence-corrected chi connectivity index (χ0v) is 8.25. The molecule has 3 N–H and O–H groups in total. The van der Waals surface area contributed by atoms with Gasteiger partial charge in [0, 0.05) is 11.9 Å². The third-order valence-electron chi connectivity index (χ3n) is 2.68. The number of nitrogens with two attached hydrogens (primary N) is 1. The van der Waals surface area contributed by atoms with E-state index >= 15 is 0 Å². The van der Waals surface area contributed by atoms with Crippen LogP contribution in [0.1, 0.15) is 50.2 Å². The number of nitrogens with zero attached hydrogens (tertiary/aromatic N) is 1. The van der Waals surface area contributed by atoms with Gasteiger partial charge in [0.25, 0.3) is 0 Å². The Hall–Kier alpha value is -0.830. The molecule has 72 valence electrons. The predicted molar refractivity (Wildman–Crippen MR) is 52.3 cm³/mol. The van der Waals surface area contributed by atoms with E-state index in [9.17, 15) is 0 Å². The first-order valence-electron chi connectivity index (χ1n) is 4.99. The largest absolute Gasteiger partial charge is 0.344 e. The molecule has 1 atom stereocenters. The molecule has 0 saturated heterocycles. The highest BCUT2D eigenvalue weighted by Gasteiger charge is 2.31. The SMILES string of the molecule is CC(C)c1cnc(C(N)C2CC2)[nH]1. The highest BCUT2D eigenvalue weighted by molar-refractivity contribution is 5.10. The number of H-pyrrole nitrogens is 1. The Morgan fingerprint density at radius 3 is 2.69 bits per heavy atom. The standard InChI is InChI=1S/C10H17N3/c1-6(2)8-5-12-10(13-8)9(11)7-3-4-7/h5-7,9H,3-4,11H2,1-2H3,(H,12,13). The maximum atomic E-state index is 6.02. The first-order chi connectivity index (χ1) is 6.18. The summed E-state index contributed by atoms with van der Waals surface area (Å²) in [7, 11) is 0. The van der Waals surface area contributed by atoms with E-state index in [0.29, 0.717) is 11.8 Å². The van der Waals surface area contributed by atoms with Crippen molar-refractivity contribution in [3.05, 3.63) is 17.7 Å². The minimum atomic E-state index is 0.132. The maximum Gasteiger partial charge on any atom is 0.123 e. The fraction of sp³-hybridized carbons (Fsp3) is 0.700. The van der Waals surface area contributed by atoms with Crippen molar-refractivity contribution in [1.29, 1.82) is 0 Å². The van der Waals surface area contributed by atoms with Crippen molar-refractivity contribution in [3.8, 4) is 0 Å². The van der Waals surface area contributed by atoms with Gasteiger partial charge in [-0.2, -0.15) is 0 Å². The van der Waals surface area contributed by atoms with Gasteiger partial charge in [-0.05, 0) is 24.7 Å². The lowest BCUT2D eigenvalue weighted by molar-refractivity contribution is 0.598. The van der Waals surface area contributed by atoms with Crippen LogP contribution in [0.25, 0.3) is 0 Å². The number of hydrogen-bond acceptors (Lipinski definition) is 2. The smallest absolute Gasteiger partial charge is 0.123 e. The molecule has 0 radical (unpaired) electrons. The summed E-state index contributed by atoms with van der Waals surface area (Å²) in [6, 6.07) is 0.132. The molecule has 2 rings (SSSR count). The highest BCUT2D eigenvalue weighted by atomic mass is 15.0. The van der Waals surface area contributed by atoms with E-state index < -0.39 is 0 Å². The molecule has 1 aliphatic rings. The molecule has 0 spiro atoms. The quantitative estimate of drug-likeness (QED) is 0.745. The molecule has 1 saturated carbocycles. The maximum absolute atomic E-state index is 6.02. The van der Waals surface area contributed by atoms with Crippen molar-refractivity contribution < 1.29 is 0 Å². The van der Waals surface area contributed by atoms with Gasteiger partial charge in [-0.3, -0.25) is 0 Å². The molecule has 3 nitrogen and oxygen atoms in total. The molecule has 1 heterocycles. The van der Waals surface area contributed by atoms with Crippen molar-refractivity contribution in [2.24, 2.45) is 11.7 Å². The van der Waals surface area contributed by atoms with Crippen molar-refractivity contribution in [2.45, 2.75) is 38.6 Å². The second-order valence-corrected chi connectivity index (χ2v) is 4.24. The van der Waals surface area contributed by atoms with Gasteiger partial charge in [-0.15, -0.1) is 0 Å². The van der Waals surface area contributed by atoms with Crippen molar-refractivity contribution in [1.82, 2.24) is 9.97 Å². The molecule has 3 heteroatoms. The summed E-state index contributed by atoms with van der Waals surface area (Å²) in [6.45, 7) is 4.31.